The first-order valence-electron chi connectivity index (χ1n) is 10.2. The molecule has 0 aliphatic rings. The third-order valence-corrected chi connectivity index (χ3v) is 7.11. The lowest BCUT2D eigenvalue weighted by atomic mass is 10.1. The number of azo groups is 1. The average Bonchev–Trinajstić information content (AvgIpc) is 2.80. The Balaban J connectivity index is 1.92. The molecular weight excluding hydrogens is 508 g/mol. The fraction of sp³-hybridized carbons (Fsp3) is 0.0435. The summed E-state index contributed by atoms with van der Waals surface area (Å²) >= 11 is 0. The Kier molecular flexibility index (Phi) is 6.41. The molecule has 0 aliphatic carbocycles. The van der Waals surface area contributed by atoms with Crippen LogP contribution >= 0.6 is 0 Å². The number of hydrogen-bond donors (Lipinski definition) is 5. The number of benzene rings is 4. The number of hydrogen-bond acceptors (Lipinski definition) is 9. The lowest BCUT2D eigenvalue weighted by Gasteiger charge is -2.12. The van der Waals surface area contributed by atoms with Gasteiger partial charge in [-0.1, -0.05) is 24.3 Å². The Labute approximate surface area is 206 Å². The molecule has 4 aromatic rings. The number of fused-ring (bicyclic) bond motifs is 1. The quantitative estimate of drug-likeness (QED) is 0.129. The molecule has 6 N–H and O–H groups in total. The van der Waals surface area contributed by atoms with Crippen molar-refractivity contribution in [2.24, 2.45) is 10.2 Å². The van der Waals surface area contributed by atoms with Crippen LogP contribution in [-0.2, 0) is 20.2 Å². The lowest BCUT2D eigenvalue weighted by molar-refractivity contribution is 0.472. The molecule has 36 heavy (non-hydrogen) atoms. The maximum Gasteiger partial charge on any atom is 0.296 e. The van der Waals surface area contributed by atoms with Crippen molar-refractivity contribution in [2.75, 3.05) is 11.1 Å². The highest BCUT2D eigenvalue weighted by molar-refractivity contribution is 7.86. The van der Waals surface area contributed by atoms with Gasteiger partial charge in [-0.3, -0.25) is 9.11 Å². The number of nitrogens with two attached hydrogens (primary N) is 1. The molecule has 0 bridgehead atoms. The predicted octanol–water partition coefficient (Wildman–Crippen LogP) is 5.09. The molecule has 0 unspecified atom stereocenters. The van der Waals surface area contributed by atoms with Crippen molar-refractivity contribution in [1.29, 1.82) is 0 Å². The SMILES string of the molecule is Cc1c(N)ccc(S(=O)(=O)O)c1N=Nc1c(S(=O)(=O)O)cc2ccc(Nc3ccccc3)cc2c1O. The number of nitrogens with zero attached hydrogens (tertiary/aromatic N) is 2. The monoisotopic (exact) mass is 528 g/mol. The van der Waals surface area contributed by atoms with E-state index in [1.165, 1.54) is 19.1 Å². The molecule has 0 spiro atoms. The van der Waals surface area contributed by atoms with Gasteiger partial charge in [0, 0.05) is 28.0 Å². The zero-order valence-corrected chi connectivity index (χ0v) is 20.2. The molecular formula is C23H20N4O7S2. The third-order valence-electron chi connectivity index (χ3n) is 5.36. The van der Waals surface area contributed by atoms with Gasteiger partial charge in [0.15, 0.2) is 5.75 Å². The van der Waals surface area contributed by atoms with Crippen molar-refractivity contribution in [3.8, 4) is 5.75 Å². The number of phenols is 1. The van der Waals surface area contributed by atoms with Gasteiger partial charge in [0.25, 0.3) is 20.2 Å². The fourth-order valence-electron chi connectivity index (χ4n) is 3.52. The number of anilines is 3. The van der Waals surface area contributed by atoms with Crippen molar-refractivity contribution in [3.63, 3.8) is 0 Å². The summed E-state index contributed by atoms with van der Waals surface area (Å²) in [6.07, 6.45) is 0. The van der Waals surface area contributed by atoms with E-state index in [0.29, 0.717) is 5.69 Å². The normalized spacial score (nSPS) is 12.3. The minimum Gasteiger partial charge on any atom is -0.505 e. The van der Waals surface area contributed by atoms with Crippen LogP contribution in [0.4, 0.5) is 28.4 Å². The number of aromatic hydroxyl groups is 1. The fourth-order valence-corrected chi connectivity index (χ4v) is 4.86. The van der Waals surface area contributed by atoms with E-state index < -0.39 is 41.5 Å². The van der Waals surface area contributed by atoms with E-state index in [9.17, 15) is 31.0 Å². The summed E-state index contributed by atoms with van der Waals surface area (Å²) in [5.41, 5.74) is 6.41. The summed E-state index contributed by atoms with van der Waals surface area (Å²) in [5.74, 6) is -0.629. The first-order chi connectivity index (χ1) is 16.9. The molecule has 4 rings (SSSR count). The molecule has 11 nitrogen and oxygen atoms in total. The highest BCUT2D eigenvalue weighted by atomic mass is 32.2. The smallest absolute Gasteiger partial charge is 0.296 e. The topological polar surface area (TPSA) is 192 Å². The number of phenolic OH excluding ortho intramolecular Hbond substituents is 1. The van der Waals surface area contributed by atoms with Gasteiger partial charge in [0.1, 0.15) is 21.2 Å². The van der Waals surface area contributed by atoms with E-state index in [1.807, 2.05) is 30.3 Å². The van der Waals surface area contributed by atoms with Crippen LogP contribution in [0.2, 0.25) is 0 Å². The molecule has 0 atom stereocenters. The number of nitrogen functional groups attached to an aromatic ring is 1. The maximum absolute atomic E-state index is 12.1. The minimum atomic E-state index is -4.89. The predicted molar refractivity (Wildman–Crippen MR) is 135 cm³/mol. The second-order valence-electron chi connectivity index (χ2n) is 7.78. The molecule has 13 heteroatoms. The highest BCUT2D eigenvalue weighted by Crippen LogP contribution is 2.43. The Bertz CT molecular complexity index is 1740. The Morgan fingerprint density at radius 3 is 2.06 bits per heavy atom. The van der Waals surface area contributed by atoms with E-state index in [2.05, 4.69) is 15.5 Å². The zero-order chi connectivity index (χ0) is 26.3. The van der Waals surface area contributed by atoms with E-state index in [4.69, 9.17) is 5.73 Å². The van der Waals surface area contributed by atoms with E-state index in [-0.39, 0.29) is 27.7 Å². The second-order valence-corrected chi connectivity index (χ2v) is 10.6. The van der Waals surface area contributed by atoms with Gasteiger partial charge in [0.2, 0.25) is 0 Å². The second kappa shape index (κ2) is 9.20. The molecule has 0 saturated carbocycles. The van der Waals surface area contributed by atoms with Crippen molar-refractivity contribution in [1.82, 2.24) is 0 Å². The van der Waals surface area contributed by atoms with Crippen LogP contribution in [0, 0.1) is 6.92 Å². The van der Waals surface area contributed by atoms with Gasteiger partial charge < -0.3 is 16.2 Å². The van der Waals surface area contributed by atoms with Crippen molar-refractivity contribution in [3.05, 3.63) is 72.3 Å². The molecule has 0 radical (unpaired) electrons. The van der Waals surface area contributed by atoms with Crippen LogP contribution in [0.15, 0.2) is 86.7 Å². The number of rotatable bonds is 6. The summed E-state index contributed by atoms with van der Waals surface area (Å²) in [4.78, 5) is -1.38. The molecule has 0 fully saturated rings. The van der Waals surface area contributed by atoms with Crippen LogP contribution in [-0.4, -0.2) is 31.0 Å². The van der Waals surface area contributed by atoms with Crippen LogP contribution in [0.3, 0.4) is 0 Å². The molecule has 0 aliphatic heterocycles. The number of para-hydroxylation sites is 1. The van der Waals surface area contributed by atoms with Gasteiger partial charge in [-0.15, -0.1) is 10.2 Å². The van der Waals surface area contributed by atoms with Crippen LogP contribution in [0.5, 0.6) is 5.75 Å². The van der Waals surface area contributed by atoms with E-state index in [0.717, 1.165) is 17.8 Å². The maximum atomic E-state index is 12.1. The summed E-state index contributed by atoms with van der Waals surface area (Å²) in [7, 11) is -9.63. The molecule has 0 heterocycles. The third kappa shape index (κ3) is 4.99. The molecule has 4 aromatic carbocycles. The Morgan fingerprint density at radius 2 is 1.42 bits per heavy atom. The largest absolute Gasteiger partial charge is 0.505 e. The van der Waals surface area contributed by atoms with Crippen LogP contribution in [0.1, 0.15) is 5.56 Å². The van der Waals surface area contributed by atoms with Gasteiger partial charge in [0.05, 0.1) is 0 Å². The Hall–Kier alpha value is -4.04. The first kappa shape index (κ1) is 25.1. The van der Waals surface area contributed by atoms with Crippen molar-refractivity contribution in [2.45, 2.75) is 16.7 Å². The molecule has 0 aromatic heterocycles. The van der Waals surface area contributed by atoms with Crippen molar-refractivity contribution < 1.29 is 31.0 Å². The Morgan fingerprint density at radius 1 is 0.778 bits per heavy atom. The van der Waals surface area contributed by atoms with Crippen LogP contribution in [0.25, 0.3) is 10.8 Å². The van der Waals surface area contributed by atoms with Gasteiger partial charge in [-0.05, 0) is 54.8 Å². The minimum absolute atomic E-state index is 0.130. The lowest BCUT2D eigenvalue weighted by Crippen LogP contribution is -2.01. The summed E-state index contributed by atoms with van der Waals surface area (Å²) < 4.78 is 67.1. The highest BCUT2D eigenvalue weighted by Gasteiger charge is 2.24. The van der Waals surface area contributed by atoms with Crippen LogP contribution < -0.4 is 11.1 Å². The summed E-state index contributed by atoms with van der Waals surface area (Å²) in [6.45, 7) is 1.42. The van der Waals surface area contributed by atoms with E-state index >= 15 is 0 Å². The molecule has 0 amide bonds. The zero-order valence-electron chi connectivity index (χ0n) is 18.6. The molecule has 186 valence electrons. The number of nitrogens with one attached hydrogen (secondary N) is 1. The van der Waals surface area contributed by atoms with Gasteiger partial charge in [-0.25, -0.2) is 0 Å². The van der Waals surface area contributed by atoms with E-state index in [1.54, 1.807) is 12.1 Å². The summed E-state index contributed by atoms with van der Waals surface area (Å²) in [5, 5.41) is 22.1. The standard InChI is InChI=1S/C23H20N4O7S2/c1-13-18(24)9-10-19(35(29,30)31)21(13)26-27-22-20(36(32,33)34)11-14-7-8-16(12-17(14)23(22)28)25-15-5-3-2-4-6-15/h2-12,25,28H,24H2,1H3,(H,29,30,31)(H,32,33,34). The van der Waals surface area contributed by atoms with Crippen molar-refractivity contribution >= 4 is 59.4 Å². The summed E-state index contributed by atoms with van der Waals surface area (Å²) in [6, 6.07) is 17.2. The molecule has 0 saturated heterocycles. The average molecular weight is 529 g/mol. The van der Waals surface area contributed by atoms with Gasteiger partial charge >= 0.3 is 0 Å². The van der Waals surface area contributed by atoms with Gasteiger partial charge in [-0.2, -0.15) is 16.8 Å². The first-order valence-corrected chi connectivity index (χ1v) is 13.1.